The molecule has 2 rings (SSSR count). The highest BCUT2D eigenvalue weighted by Crippen LogP contribution is 2.34. The third kappa shape index (κ3) is 6.15. The first-order valence-corrected chi connectivity index (χ1v) is 9.75. The molecule has 0 heterocycles. The number of rotatable bonds is 7. The number of para-hydroxylation sites is 1. The molecular formula is C20H22F3N5O2S. The van der Waals surface area contributed by atoms with Gasteiger partial charge in [0, 0.05) is 26.2 Å². The molecule has 1 amide bonds. The Morgan fingerprint density at radius 1 is 1.19 bits per heavy atom. The minimum absolute atomic E-state index is 0.0120. The standard InChI is InChI=1S/C20H22F3N5O2S/c1-12(25-17(20(21,22)23)13-8-5-4-6-9-13)18(27-31-24)26-15-11-7-10-14(16(15)29)19(30)28(2)3/h4-11,17,25,29H,1,24H2,2-3H3,(H,26,27)/t17-/m0/s1. The number of nitrogens with zero attached hydrogens (tertiary/aromatic N) is 2. The Labute approximate surface area is 182 Å². The monoisotopic (exact) mass is 453 g/mol. The van der Waals surface area contributed by atoms with Gasteiger partial charge in [-0.05, 0) is 17.7 Å². The number of hydrogen-bond acceptors (Lipinski definition) is 6. The van der Waals surface area contributed by atoms with Gasteiger partial charge in [-0.2, -0.15) is 13.2 Å². The number of hydrogen-bond donors (Lipinski definition) is 4. The molecule has 0 unspecified atom stereocenters. The van der Waals surface area contributed by atoms with E-state index in [-0.39, 0.29) is 28.3 Å². The number of phenols is 1. The van der Waals surface area contributed by atoms with Gasteiger partial charge in [0.25, 0.3) is 5.91 Å². The zero-order chi connectivity index (χ0) is 23.2. The Hall–Kier alpha value is -3.18. The Balaban J connectivity index is 2.41. The first-order valence-electron chi connectivity index (χ1n) is 8.87. The van der Waals surface area contributed by atoms with Gasteiger partial charge in [0.1, 0.15) is 11.7 Å². The minimum atomic E-state index is -4.62. The van der Waals surface area contributed by atoms with Gasteiger partial charge in [-0.1, -0.05) is 43.0 Å². The summed E-state index contributed by atoms with van der Waals surface area (Å²) in [7, 11) is 3.03. The number of phenolic OH excluding ortho intramolecular Hbond substituents is 1. The van der Waals surface area contributed by atoms with Crippen molar-refractivity contribution in [2.45, 2.75) is 12.2 Å². The quantitative estimate of drug-likeness (QED) is 0.290. The molecule has 0 aliphatic heterocycles. The Kier molecular flexibility index (Phi) is 7.95. The smallest absolute Gasteiger partial charge is 0.412 e. The summed E-state index contributed by atoms with van der Waals surface area (Å²) in [6, 6.07) is 9.51. The number of carbonyl (C=O) groups is 1. The van der Waals surface area contributed by atoms with Crippen LogP contribution >= 0.6 is 12.1 Å². The number of halogens is 3. The molecule has 0 spiro atoms. The highest BCUT2D eigenvalue weighted by Gasteiger charge is 2.41. The summed E-state index contributed by atoms with van der Waals surface area (Å²) < 4.78 is 43.5. The molecule has 7 nitrogen and oxygen atoms in total. The molecule has 31 heavy (non-hydrogen) atoms. The van der Waals surface area contributed by atoms with Gasteiger partial charge in [-0.25, -0.2) is 4.99 Å². The third-order valence-corrected chi connectivity index (χ3v) is 4.42. The lowest BCUT2D eigenvalue weighted by atomic mass is 10.1. The summed E-state index contributed by atoms with van der Waals surface area (Å²) in [6.45, 7) is 3.63. The summed E-state index contributed by atoms with van der Waals surface area (Å²) in [4.78, 5) is 17.6. The van der Waals surface area contributed by atoms with Crippen molar-refractivity contribution in [2.75, 3.05) is 14.1 Å². The highest BCUT2D eigenvalue weighted by atomic mass is 32.2. The van der Waals surface area contributed by atoms with Crippen molar-refractivity contribution in [3.63, 3.8) is 0 Å². The molecule has 0 saturated heterocycles. The SMILES string of the molecule is C=C(N[C@@H](c1ccccc1)C(F)(F)F)C(=Nc1cccc(C(=O)N(C)C)c1O)NSN. The summed E-state index contributed by atoms with van der Waals surface area (Å²) in [5.41, 5.74) is -0.289. The van der Waals surface area contributed by atoms with Crippen LogP contribution in [0, 0.1) is 0 Å². The van der Waals surface area contributed by atoms with Crippen molar-refractivity contribution in [1.29, 1.82) is 0 Å². The van der Waals surface area contributed by atoms with Crippen LogP contribution in [0.5, 0.6) is 5.75 Å². The van der Waals surface area contributed by atoms with Crippen LogP contribution in [0.2, 0.25) is 0 Å². The van der Waals surface area contributed by atoms with E-state index >= 15 is 0 Å². The maximum absolute atomic E-state index is 13.6. The van der Waals surface area contributed by atoms with Crippen LogP contribution in [0.15, 0.2) is 65.8 Å². The molecule has 0 aliphatic carbocycles. The van der Waals surface area contributed by atoms with Gasteiger partial charge < -0.3 is 15.3 Å². The number of benzene rings is 2. The van der Waals surface area contributed by atoms with Crippen molar-refractivity contribution in [3.05, 3.63) is 71.9 Å². The predicted octanol–water partition coefficient (Wildman–Crippen LogP) is 3.64. The number of nitrogens with two attached hydrogens (primary N) is 1. The van der Waals surface area contributed by atoms with E-state index in [9.17, 15) is 23.1 Å². The molecular weight excluding hydrogens is 431 g/mol. The van der Waals surface area contributed by atoms with E-state index in [2.05, 4.69) is 21.6 Å². The number of amidine groups is 1. The first kappa shape index (κ1) is 24.1. The Bertz CT molecular complexity index is 965. The number of carbonyl (C=O) groups excluding carboxylic acids is 1. The third-order valence-electron chi connectivity index (χ3n) is 4.10. The van der Waals surface area contributed by atoms with Gasteiger partial charge in [-0.15, -0.1) is 0 Å². The van der Waals surface area contributed by atoms with Gasteiger partial charge >= 0.3 is 6.18 Å². The van der Waals surface area contributed by atoms with Crippen molar-refractivity contribution in [3.8, 4) is 5.75 Å². The molecule has 166 valence electrons. The topological polar surface area (TPSA) is 103 Å². The molecule has 0 aromatic heterocycles. The van der Waals surface area contributed by atoms with Crippen molar-refractivity contribution in [1.82, 2.24) is 14.9 Å². The normalized spacial score (nSPS) is 12.8. The summed E-state index contributed by atoms with van der Waals surface area (Å²) in [5.74, 6) is -1.04. The predicted molar refractivity (Wildman–Crippen MR) is 116 cm³/mol. The van der Waals surface area contributed by atoms with Crippen LogP contribution in [-0.4, -0.2) is 42.0 Å². The summed E-state index contributed by atoms with van der Waals surface area (Å²) in [6.07, 6.45) is -4.62. The molecule has 5 N–H and O–H groups in total. The van der Waals surface area contributed by atoms with Crippen LogP contribution < -0.4 is 15.2 Å². The number of amides is 1. The van der Waals surface area contributed by atoms with Crippen LogP contribution in [0.25, 0.3) is 0 Å². The van der Waals surface area contributed by atoms with E-state index in [1.807, 2.05) is 0 Å². The molecule has 2 aromatic carbocycles. The maximum Gasteiger partial charge on any atom is 0.412 e. The van der Waals surface area contributed by atoms with E-state index in [4.69, 9.17) is 5.14 Å². The second-order valence-corrected chi connectivity index (χ2v) is 7.00. The fourth-order valence-electron chi connectivity index (χ4n) is 2.61. The van der Waals surface area contributed by atoms with Gasteiger partial charge in [0.15, 0.2) is 11.6 Å². The lowest BCUT2D eigenvalue weighted by Crippen LogP contribution is -2.38. The fourth-order valence-corrected chi connectivity index (χ4v) is 2.89. The molecule has 1 atom stereocenters. The summed E-state index contributed by atoms with van der Waals surface area (Å²) in [5, 5.41) is 18.2. The summed E-state index contributed by atoms with van der Waals surface area (Å²) >= 11 is 0.589. The lowest BCUT2D eigenvalue weighted by Gasteiger charge is -2.24. The average molecular weight is 453 g/mol. The fraction of sp³-hybridized carbons (Fsp3) is 0.200. The number of alkyl halides is 3. The maximum atomic E-state index is 13.6. The lowest BCUT2D eigenvalue weighted by molar-refractivity contribution is -0.155. The van der Waals surface area contributed by atoms with E-state index in [1.54, 1.807) is 6.07 Å². The molecule has 11 heteroatoms. The number of aromatic hydroxyl groups is 1. The molecule has 0 radical (unpaired) electrons. The average Bonchev–Trinajstić information content (AvgIpc) is 2.72. The zero-order valence-corrected chi connectivity index (χ0v) is 17.6. The van der Waals surface area contributed by atoms with Gasteiger partial charge in [-0.3, -0.25) is 14.7 Å². The van der Waals surface area contributed by atoms with E-state index in [0.717, 1.165) is 0 Å². The van der Waals surface area contributed by atoms with E-state index in [1.165, 1.54) is 61.5 Å². The van der Waals surface area contributed by atoms with Crippen LogP contribution in [0.4, 0.5) is 18.9 Å². The Morgan fingerprint density at radius 3 is 2.39 bits per heavy atom. The van der Waals surface area contributed by atoms with Crippen LogP contribution in [-0.2, 0) is 0 Å². The van der Waals surface area contributed by atoms with Crippen LogP contribution in [0.1, 0.15) is 22.0 Å². The van der Waals surface area contributed by atoms with Crippen LogP contribution in [0.3, 0.4) is 0 Å². The second-order valence-electron chi connectivity index (χ2n) is 6.56. The van der Waals surface area contributed by atoms with E-state index < -0.39 is 23.9 Å². The second kappa shape index (κ2) is 10.2. The minimum Gasteiger partial charge on any atom is -0.505 e. The first-order chi connectivity index (χ1) is 14.6. The molecule has 0 aliphatic rings. The van der Waals surface area contributed by atoms with Gasteiger partial charge in [0.05, 0.1) is 11.3 Å². The number of aliphatic imine (C=N–C) groups is 1. The highest BCUT2D eigenvalue weighted by molar-refractivity contribution is 7.95. The van der Waals surface area contributed by atoms with Crippen molar-refractivity contribution >= 4 is 29.6 Å². The molecule has 0 bridgehead atoms. The largest absolute Gasteiger partial charge is 0.505 e. The van der Waals surface area contributed by atoms with Gasteiger partial charge in [0.2, 0.25) is 0 Å². The van der Waals surface area contributed by atoms with E-state index in [0.29, 0.717) is 12.1 Å². The Morgan fingerprint density at radius 2 is 1.84 bits per heavy atom. The zero-order valence-electron chi connectivity index (χ0n) is 16.8. The van der Waals surface area contributed by atoms with Crippen molar-refractivity contribution < 1.29 is 23.1 Å². The van der Waals surface area contributed by atoms with Crippen molar-refractivity contribution in [2.24, 2.45) is 10.1 Å². The number of nitrogens with one attached hydrogen (secondary N) is 2. The molecule has 0 saturated carbocycles. The molecule has 2 aromatic rings. The molecule has 0 fully saturated rings.